The van der Waals surface area contributed by atoms with Gasteiger partial charge >= 0.3 is 5.69 Å². The zero-order valence-corrected chi connectivity index (χ0v) is 12.9. The smallest absolute Gasteiger partial charge is 0.331 e. The molecule has 0 radical (unpaired) electrons. The molecule has 10 nitrogen and oxygen atoms in total. The Bertz CT molecular complexity index is 720. The van der Waals surface area contributed by atoms with E-state index in [4.69, 9.17) is 11.5 Å². The second kappa shape index (κ2) is 8.63. The summed E-state index contributed by atoms with van der Waals surface area (Å²) < 4.78 is 2.26. The Morgan fingerprint density at radius 3 is 2.23 bits per heavy atom. The first-order valence-corrected chi connectivity index (χ1v) is 6.67. The van der Waals surface area contributed by atoms with E-state index in [1.165, 1.54) is 29.3 Å². The molecule has 118 valence electrons. The molecule has 1 rings (SSSR count). The average molecular weight is 342 g/mol. The summed E-state index contributed by atoms with van der Waals surface area (Å²) in [6.45, 7) is 0.105. The van der Waals surface area contributed by atoms with E-state index in [9.17, 15) is 9.59 Å². The molecule has 0 aromatic carbocycles. The van der Waals surface area contributed by atoms with E-state index < -0.39 is 11.2 Å². The number of hydrazone groups is 2. The van der Waals surface area contributed by atoms with Gasteiger partial charge in [-0.2, -0.15) is 10.2 Å². The summed E-state index contributed by atoms with van der Waals surface area (Å²) in [5, 5.41) is 7.35. The summed E-state index contributed by atoms with van der Waals surface area (Å²) in [6, 6.07) is 1.26. The fraction of sp³-hybridized carbons (Fsp3) is 0.200. The van der Waals surface area contributed by atoms with Gasteiger partial charge in [-0.25, -0.2) is 4.79 Å². The predicted molar refractivity (Wildman–Crippen MR) is 91.8 cm³/mol. The molecule has 22 heavy (non-hydrogen) atoms. The summed E-state index contributed by atoms with van der Waals surface area (Å²) in [5.41, 5.74) is 14.1. The van der Waals surface area contributed by atoms with Crippen LogP contribution in [0.2, 0.25) is 0 Å². The van der Waals surface area contributed by atoms with Crippen LogP contribution in [0.1, 0.15) is 0 Å². The molecule has 0 atom stereocenters. The maximum atomic E-state index is 12.1. The van der Waals surface area contributed by atoms with Crippen molar-refractivity contribution >= 4 is 47.1 Å². The summed E-state index contributed by atoms with van der Waals surface area (Å²) in [6.07, 6.45) is 4.05. The van der Waals surface area contributed by atoms with Gasteiger partial charge in [-0.05, 0) is 24.4 Å². The lowest BCUT2D eigenvalue weighted by Crippen LogP contribution is -2.39. The number of nitrogens with two attached hydrogens (primary N) is 2. The normalized spacial score (nSPS) is 10.9. The molecule has 12 heteroatoms. The van der Waals surface area contributed by atoms with Gasteiger partial charge in [0.1, 0.15) is 0 Å². The number of hydrogen-bond acceptors (Lipinski definition) is 6. The van der Waals surface area contributed by atoms with Gasteiger partial charge in [-0.3, -0.25) is 24.8 Å². The lowest BCUT2D eigenvalue weighted by molar-refractivity contribution is 0.649. The van der Waals surface area contributed by atoms with E-state index in [1.807, 2.05) is 0 Å². The van der Waals surface area contributed by atoms with Crippen molar-refractivity contribution in [2.24, 2.45) is 21.7 Å². The van der Waals surface area contributed by atoms with E-state index in [0.29, 0.717) is 0 Å². The highest BCUT2D eigenvalue weighted by atomic mass is 32.1. The molecule has 0 saturated heterocycles. The van der Waals surface area contributed by atoms with Crippen LogP contribution in [0, 0.1) is 0 Å². The molecule has 0 bridgehead atoms. The minimum absolute atomic E-state index is 0.00935. The third kappa shape index (κ3) is 5.80. The van der Waals surface area contributed by atoms with Gasteiger partial charge in [-0.1, -0.05) is 0 Å². The van der Waals surface area contributed by atoms with Crippen molar-refractivity contribution in [2.45, 2.75) is 13.1 Å². The Hall–Kier alpha value is -2.60. The maximum Gasteiger partial charge on any atom is 0.331 e. The van der Waals surface area contributed by atoms with Crippen LogP contribution in [0.5, 0.6) is 0 Å². The number of rotatable bonds is 6. The second-order valence-corrected chi connectivity index (χ2v) is 4.65. The number of nitrogens with one attached hydrogen (secondary N) is 2. The molecule has 0 aliphatic carbocycles. The summed E-state index contributed by atoms with van der Waals surface area (Å²) >= 11 is 9.12. The van der Waals surface area contributed by atoms with Crippen LogP contribution in [0.4, 0.5) is 0 Å². The first-order valence-electron chi connectivity index (χ1n) is 5.86. The Labute approximate surface area is 135 Å². The lowest BCUT2D eigenvalue weighted by Gasteiger charge is -2.05. The fourth-order valence-electron chi connectivity index (χ4n) is 1.33. The zero-order valence-electron chi connectivity index (χ0n) is 11.3. The third-order valence-electron chi connectivity index (χ3n) is 2.21. The molecular formula is C10H14N8O2S2. The van der Waals surface area contributed by atoms with Gasteiger partial charge in [0, 0.05) is 24.7 Å². The highest BCUT2D eigenvalue weighted by molar-refractivity contribution is 7.80. The molecular weight excluding hydrogens is 328 g/mol. The van der Waals surface area contributed by atoms with Crippen LogP contribution in [-0.2, 0) is 13.1 Å². The number of thiocarbonyl (C=S) groups is 2. The van der Waals surface area contributed by atoms with Gasteiger partial charge in [0.25, 0.3) is 5.56 Å². The van der Waals surface area contributed by atoms with Crippen LogP contribution >= 0.6 is 24.4 Å². The van der Waals surface area contributed by atoms with Gasteiger partial charge in [0.2, 0.25) is 0 Å². The number of aromatic nitrogens is 2. The Kier molecular flexibility index (Phi) is 6.85. The van der Waals surface area contributed by atoms with E-state index >= 15 is 0 Å². The van der Waals surface area contributed by atoms with Crippen LogP contribution in [0.3, 0.4) is 0 Å². The van der Waals surface area contributed by atoms with E-state index in [-0.39, 0.29) is 23.3 Å². The lowest BCUT2D eigenvalue weighted by atomic mass is 10.5. The van der Waals surface area contributed by atoms with Gasteiger partial charge in [0.05, 0.1) is 13.1 Å². The van der Waals surface area contributed by atoms with Crippen LogP contribution < -0.4 is 33.6 Å². The molecule has 0 fully saturated rings. The topological polar surface area (TPSA) is 145 Å². The first kappa shape index (κ1) is 17.5. The summed E-state index contributed by atoms with van der Waals surface area (Å²) in [7, 11) is 0. The first-order chi connectivity index (χ1) is 10.4. The maximum absolute atomic E-state index is 12.1. The summed E-state index contributed by atoms with van der Waals surface area (Å²) in [5.74, 6) is 0. The number of hydrogen-bond donors (Lipinski definition) is 4. The van der Waals surface area contributed by atoms with Crippen molar-refractivity contribution in [3.63, 3.8) is 0 Å². The van der Waals surface area contributed by atoms with E-state index in [2.05, 4.69) is 45.5 Å². The van der Waals surface area contributed by atoms with E-state index in [1.54, 1.807) is 0 Å². The molecule has 0 aliphatic heterocycles. The molecule has 0 saturated carbocycles. The molecule has 0 unspecified atom stereocenters. The summed E-state index contributed by atoms with van der Waals surface area (Å²) in [4.78, 5) is 23.8. The Morgan fingerprint density at radius 1 is 1.14 bits per heavy atom. The molecule has 1 aromatic heterocycles. The molecule has 0 spiro atoms. The van der Waals surface area contributed by atoms with Crippen molar-refractivity contribution < 1.29 is 0 Å². The minimum Gasteiger partial charge on any atom is -0.375 e. The van der Waals surface area contributed by atoms with Gasteiger partial charge in [-0.15, -0.1) is 0 Å². The van der Waals surface area contributed by atoms with Crippen molar-refractivity contribution in [1.82, 2.24) is 20.0 Å². The number of nitrogens with zero attached hydrogens (tertiary/aromatic N) is 4. The monoisotopic (exact) mass is 342 g/mol. The molecule has 6 N–H and O–H groups in total. The molecule has 1 heterocycles. The quantitative estimate of drug-likeness (QED) is 0.255. The highest BCUT2D eigenvalue weighted by Crippen LogP contribution is 1.78. The van der Waals surface area contributed by atoms with Crippen molar-refractivity contribution in [3.8, 4) is 0 Å². The van der Waals surface area contributed by atoms with Crippen molar-refractivity contribution in [2.75, 3.05) is 0 Å². The van der Waals surface area contributed by atoms with Crippen molar-refractivity contribution in [1.29, 1.82) is 0 Å². The van der Waals surface area contributed by atoms with Crippen LogP contribution in [0.25, 0.3) is 0 Å². The standard InChI is InChI=1S/C10H14N8O2S2/c11-8(21)15-13-2-5-17-4-1-7(19)18(10(17)20)6-3-14-16-9(12)22/h1-4H,5-6H2,(H3,11,15,21)(H3,12,16,22)/b13-2-,14-3+. The highest BCUT2D eigenvalue weighted by Gasteiger charge is 2.03. The predicted octanol–water partition coefficient (Wildman–Crippen LogP) is -2.35. The molecule has 0 amide bonds. The molecule has 1 aromatic rings. The zero-order chi connectivity index (χ0) is 16.5. The van der Waals surface area contributed by atoms with Crippen molar-refractivity contribution in [3.05, 3.63) is 33.1 Å². The van der Waals surface area contributed by atoms with Gasteiger partial charge in [0.15, 0.2) is 10.2 Å². The fourth-order valence-corrected chi connectivity index (χ4v) is 1.44. The van der Waals surface area contributed by atoms with Crippen LogP contribution in [-0.4, -0.2) is 31.8 Å². The van der Waals surface area contributed by atoms with E-state index in [0.717, 1.165) is 4.57 Å². The third-order valence-corrected chi connectivity index (χ3v) is 2.40. The molecule has 0 aliphatic rings. The van der Waals surface area contributed by atoms with Crippen LogP contribution in [0.15, 0.2) is 32.1 Å². The minimum atomic E-state index is -0.518. The Balaban J connectivity index is 2.84. The second-order valence-electron chi connectivity index (χ2n) is 3.77. The average Bonchev–Trinajstić information content (AvgIpc) is 2.44. The Morgan fingerprint density at radius 2 is 1.68 bits per heavy atom. The largest absolute Gasteiger partial charge is 0.375 e. The van der Waals surface area contributed by atoms with Gasteiger partial charge < -0.3 is 11.5 Å². The SMILES string of the molecule is NC(=S)N/N=C\Cn1ccc(=O)n(C/C=N/NC(N)=S)c1=O.